The molecule has 3 N–H and O–H groups in total. The van der Waals surface area contributed by atoms with Crippen molar-refractivity contribution in [2.45, 2.75) is 107 Å². The topological polar surface area (TPSA) is 164 Å². The molecule has 4 amide bonds. The Kier molecular flexibility index (Phi) is 9.60. The van der Waals surface area contributed by atoms with E-state index in [0.717, 1.165) is 10.8 Å². The van der Waals surface area contributed by atoms with Gasteiger partial charge in [0.05, 0.1) is 11.8 Å². The molecule has 47 heavy (non-hydrogen) atoms. The van der Waals surface area contributed by atoms with Gasteiger partial charge in [0.1, 0.15) is 23.7 Å². The summed E-state index contributed by atoms with van der Waals surface area (Å²) in [5.41, 5.74) is -2.43. The van der Waals surface area contributed by atoms with Gasteiger partial charge in [-0.05, 0) is 47.6 Å². The van der Waals surface area contributed by atoms with Crippen LogP contribution in [0.15, 0.2) is 36.5 Å². The third kappa shape index (κ3) is 8.01. The molecular weight excluding hydrogens is 737 g/mol. The van der Waals surface area contributed by atoms with Crippen LogP contribution in [-0.2, 0) is 29.2 Å². The second-order valence-corrected chi connectivity index (χ2v) is 18.7. The SMILES string of the molecule is CC(C)(C)CC(=O)N[C@H](C(=O)N1C[C@H](Oc2nccc3ccccc23)C[C@H]1C(=O)N[C@]1(C(=O)NS(=O)(=O)C2CC2)C[C@H]1I)C(C)(C)C. The number of amides is 4. The number of hydrogen-bond acceptors (Lipinski definition) is 8. The van der Waals surface area contributed by atoms with Crippen molar-refractivity contribution in [1.29, 1.82) is 0 Å². The maximum absolute atomic E-state index is 14.4. The summed E-state index contributed by atoms with van der Waals surface area (Å²) in [5, 5.41) is 6.83. The molecule has 0 bridgehead atoms. The number of aromatic nitrogens is 1. The molecule has 256 valence electrons. The number of pyridine rings is 1. The smallest absolute Gasteiger partial charge is 0.260 e. The van der Waals surface area contributed by atoms with Gasteiger partial charge in [-0.1, -0.05) is 82.3 Å². The first-order valence-corrected chi connectivity index (χ1v) is 18.7. The van der Waals surface area contributed by atoms with Crippen molar-refractivity contribution in [3.05, 3.63) is 36.5 Å². The molecule has 1 saturated heterocycles. The van der Waals surface area contributed by atoms with Gasteiger partial charge in [0.15, 0.2) is 0 Å². The first kappa shape index (κ1) is 35.3. The van der Waals surface area contributed by atoms with Crippen molar-refractivity contribution in [1.82, 2.24) is 25.2 Å². The molecule has 12 nitrogen and oxygen atoms in total. The third-order valence-electron chi connectivity index (χ3n) is 8.70. The number of rotatable bonds is 10. The first-order chi connectivity index (χ1) is 21.8. The third-order valence-corrected chi connectivity index (χ3v) is 12.0. The summed E-state index contributed by atoms with van der Waals surface area (Å²) in [4.78, 5) is 60.6. The van der Waals surface area contributed by atoms with Crippen LogP contribution in [0.25, 0.3) is 10.8 Å². The van der Waals surface area contributed by atoms with Crippen LogP contribution >= 0.6 is 22.6 Å². The first-order valence-electron chi connectivity index (χ1n) is 15.9. The van der Waals surface area contributed by atoms with E-state index in [2.05, 4.69) is 20.3 Å². The number of nitrogens with zero attached hydrogens (tertiary/aromatic N) is 2. The molecule has 3 fully saturated rings. The number of halogens is 1. The monoisotopic (exact) mass is 781 g/mol. The van der Waals surface area contributed by atoms with E-state index < -0.39 is 62.1 Å². The van der Waals surface area contributed by atoms with Crippen LogP contribution in [0.3, 0.4) is 0 Å². The summed E-state index contributed by atoms with van der Waals surface area (Å²) in [5.74, 6) is -1.74. The van der Waals surface area contributed by atoms with Crippen LogP contribution in [0.4, 0.5) is 0 Å². The molecule has 3 aliphatic rings. The largest absolute Gasteiger partial charge is 0.472 e. The average molecular weight is 782 g/mol. The fourth-order valence-corrected chi connectivity index (χ4v) is 8.35. The van der Waals surface area contributed by atoms with Crippen molar-refractivity contribution in [3.8, 4) is 5.88 Å². The number of fused-ring (bicyclic) bond motifs is 1. The molecule has 2 aromatic rings. The van der Waals surface area contributed by atoms with Crippen LogP contribution in [0.2, 0.25) is 0 Å². The molecule has 5 atom stereocenters. The molecule has 5 rings (SSSR count). The number of hydrogen-bond donors (Lipinski definition) is 3. The van der Waals surface area contributed by atoms with Crippen molar-refractivity contribution >= 4 is 67.0 Å². The van der Waals surface area contributed by atoms with E-state index in [1.54, 1.807) is 6.20 Å². The number of sulfonamides is 1. The highest BCUT2D eigenvalue weighted by atomic mass is 127. The molecule has 2 aliphatic carbocycles. The fourth-order valence-electron chi connectivity index (χ4n) is 5.86. The minimum absolute atomic E-state index is 0.0342. The zero-order valence-corrected chi connectivity index (χ0v) is 30.6. The summed E-state index contributed by atoms with van der Waals surface area (Å²) in [6.45, 7) is 11.4. The Balaban J connectivity index is 1.42. The summed E-state index contributed by atoms with van der Waals surface area (Å²) < 4.78 is 33.3. The molecule has 14 heteroatoms. The highest BCUT2D eigenvalue weighted by molar-refractivity contribution is 14.1. The number of carbonyl (C=O) groups excluding carboxylic acids is 4. The number of alkyl halides is 1. The van der Waals surface area contributed by atoms with Crippen LogP contribution in [0, 0.1) is 10.8 Å². The predicted molar refractivity (Wildman–Crippen MR) is 185 cm³/mol. The van der Waals surface area contributed by atoms with Crippen LogP contribution in [-0.4, -0.2) is 81.4 Å². The van der Waals surface area contributed by atoms with Crippen molar-refractivity contribution in [2.75, 3.05) is 6.54 Å². The summed E-state index contributed by atoms with van der Waals surface area (Å²) in [6, 6.07) is 7.44. The molecule has 1 aromatic carbocycles. The van der Waals surface area contributed by atoms with Gasteiger partial charge >= 0.3 is 0 Å². The molecule has 1 aromatic heterocycles. The van der Waals surface area contributed by atoms with E-state index in [1.807, 2.05) is 94.5 Å². The Bertz CT molecular complexity index is 1680. The van der Waals surface area contributed by atoms with Gasteiger partial charge in [-0.3, -0.25) is 23.9 Å². The van der Waals surface area contributed by atoms with E-state index >= 15 is 0 Å². The maximum Gasteiger partial charge on any atom is 0.260 e. The minimum Gasteiger partial charge on any atom is -0.472 e. The Labute approximate surface area is 289 Å². The van der Waals surface area contributed by atoms with Gasteiger partial charge in [0.2, 0.25) is 33.6 Å². The van der Waals surface area contributed by atoms with Crippen LogP contribution in [0.5, 0.6) is 5.88 Å². The number of carbonyl (C=O) groups is 4. The van der Waals surface area contributed by atoms with Crippen molar-refractivity contribution < 1.29 is 32.3 Å². The summed E-state index contributed by atoms with van der Waals surface area (Å²) in [7, 11) is -3.83. The fraction of sp³-hybridized carbons (Fsp3) is 0.606. The summed E-state index contributed by atoms with van der Waals surface area (Å²) in [6.07, 6.45) is 2.53. The Morgan fingerprint density at radius 3 is 2.34 bits per heavy atom. The predicted octanol–water partition coefficient (Wildman–Crippen LogP) is 3.22. The second-order valence-electron chi connectivity index (χ2n) is 15.2. The zero-order chi connectivity index (χ0) is 34.5. The molecule has 0 spiro atoms. The van der Waals surface area contributed by atoms with E-state index in [0.29, 0.717) is 18.7 Å². The summed E-state index contributed by atoms with van der Waals surface area (Å²) >= 11 is 2.02. The maximum atomic E-state index is 14.4. The Morgan fingerprint density at radius 2 is 1.74 bits per heavy atom. The minimum atomic E-state index is -3.83. The van der Waals surface area contributed by atoms with Gasteiger partial charge in [-0.2, -0.15) is 0 Å². The lowest BCUT2D eigenvalue weighted by Gasteiger charge is -2.36. The standard InChI is InChI=1S/C33H44IN5O7S/c1-31(2,3)17-25(40)36-26(32(4,5)6)29(42)39-18-20(46-28-22-10-8-7-9-19(22)13-14-35-28)15-23(39)27(41)37-33(16-24(33)34)30(43)38-47(44,45)21-11-12-21/h7-10,13-14,20-21,23-24,26H,11-12,15-18H2,1-6H3,(H,36,40)(H,37,41)(H,38,43)/t20-,23+,24-,26-,33-/m1/s1. The van der Waals surface area contributed by atoms with E-state index in [1.165, 1.54) is 4.90 Å². The molecule has 2 saturated carbocycles. The number of benzene rings is 1. The van der Waals surface area contributed by atoms with Gasteiger partial charge < -0.3 is 20.3 Å². The lowest BCUT2D eigenvalue weighted by atomic mass is 9.84. The van der Waals surface area contributed by atoms with Crippen molar-refractivity contribution in [3.63, 3.8) is 0 Å². The Hall–Kier alpha value is -3.01. The van der Waals surface area contributed by atoms with E-state index in [9.17, 15) is 27.6 Å². The van der Waals surface area contributed by atoms with E-state index in [4.69, 9.17) is 4.74 Å². The molecular formula is C33H44IN5O7S. The second kappa shape index (κ2) is 12.8. The Morgan fingerprint density at radius 1 is 1.09 bits per heavy atom. The van der Waals surface area contributed by atoms with Crippen LogP contribution in [0.1, 0.15) is 73.6 Å². The zero-order valence-electron chi connectivity index (χ0n) is 27.6. The van der Waals surface area contributed by atoms with Crippen molar-refractivity contribution in [2.24, 2.45) is 10.8 Å². The molecule has 0 unspecified atom stereocenters. The quantitative estimate of drug-likeness (QED) is 0.245. The van der Waals surface area contributed by atoms with Crippen LogP contribution < -0.4 is 20.1 Å². The lowest BCUT2D eigenvalue weighted by molar-refractivity contribution is -0.144. The number of nitrogens with one attached hydrogen (secondary N) is 3. The van der Waals surface area contributed by atoms with Gasteiger partial charge in [-0.25, -0.2) is 13.4 Å². The highest BCUT2D eigenvalue weighted by Gasteiger charge is 2.62. The number of ether oxygens (including phenoxy) is 1. The highest BCUT2D eigenvalue weighted by Crippen LogP contribution is 2.44. The van der Waals surface area contributed by atoms with Gasteiger partial charge in [-0.15, -0.1) is 0 Å². The molecule has 2 heterocycles. The molecule has 1 aliphatic heterocycles. The van der Waals surface area contributed by atoms with E-state index in [-0.39, 0.29) is 41.1 Å². The normalized spacial score (nSPS) is 25.2. The molecule has 0 radical (unpaired) electrons. The van der Waals surface area contributed by atoms with Gasteiger partial charge in [0.25, 0.3) is 5.91 Å². The number of likely N-dealkylation sites (tertiary alicyclic amines) is 1. The average Bonchev–Trinajstić information content (AvgIpc) is 3.88. The van der Waals surface area contributed by atoms with Gasteiger partial charge in [0, 0.05) is 28.3 Å². The lowest BCUT2D eigenvalue weighted by Crippen LogP contribution is -2.60.